The summed E-state index contributed by atoms with van der Waals surface area (Å²) in [5, 5.41) is -0.565. The average molecular weight is 489 g/mol. The topological polar surface area (TPSA) is 133 Å². The SMILES string of the molecule is COc1cnc(C(=O)Cc2ccc(F)c([C@@]3(C)N=C(N)C(C)(C)[S@@]4(=O)=NCCCC[C@@H]34)n2)cn1. The third-order valence-corrected chi connectivity index (χ3v) is 10.4. The number of pyridine rings is 1. The summed E-state index contributed by atoms with van der Waals surface area (Å²) in [6.45, 7) is 5.75. The van der Waals surface area contributed by atoms with Crippen molar-refractivity contribution in [3.05, 3.63) is 47.4 Å². The molecule has 0 saturated carbocycles. The van der Waals surface area contributed by atoms with Gasteiger partial charge in [-0.1, -0.05) is 6.42 Å². The van der Waals surface area contributed by atoms with Gasteiger partial charge >= 0.3 is 0 Å². The van der Waals surface area contributed by atoms with Crippen LogP contribution in [-0.2, 0) is 21.7 Å². The number of carbonyl (C=O) groups excluding carboxylic acids is 1. The average Bonchev–Trinajstić information content (AvgIpc) is 3.02. The predicted octanol–water partition coefficient (Wildman–Crippen LogP) is 2.83. The molecule has 2 aliphatic heterocycles. The van der Waals surface area contributed by atoms with Crippen molar-refractivity contribution in [1.29, 1.82) is 0 Å². The molecule has 9 nitrogen and oxygen atoms in total. The minimum absolute atomic E-state index is 0.0203. The molecule has 3 atom stereocenters. The summed E-state index contributed by atoms with van der Waals surface area (Å²) in [5.74, 6) is -0.463. The number of nitrogens with two attached hydrogens (primary N) is 1. The summed E-state index contributed by atoms with van der Waals surface area (Å²) < 4.78 is 38.2. The van der Waals surface area contributed by atoms with Crippen LogP contribution in [0, 0.1) is 5.82 Å². The van der Waals surface area contributed by atoms with Crippen LogP contribution in [0.5, 0.6) is 5.88 Å². The van der Waals surface area contributed by atoms with E-state index in [-0.39, 0.29) is 29.4 Å². The fourth-order valence-corrected chi connectivity index (χ4v) is 7.80. The van der Waals surface area contributed by atoms with E-state index in [2.05, 4.69) is 19.3 Å². The molecule has 4 heterocycles. The number of ether oxygens (including phenoxy) is 1. The van der Waals surface area contributed by atoms with Crippen LogP contribution in [0.3, 0.4) is 0 Å². The Balaban J connectivity index is 1.76. The van der Waals surface area contributed by atoms with E-state index in [4.69, 9.17) is 15.5 Å². The lowest BCUT2D eigenvalue weighted by Gasteiger charge is -2.46. The maximum atomic E-state index is 15.2. The number of rotatable bonds is 5. The summed E-state index contributed by atoms with van der Waals surface area (Å²) in [6, 6.07) is 2.71. The van der Waals surface area contributed by atoms with Crippen molar-refractivity contribution in [2.45, 2.75) is 62.0 Å². The Morgan fingerprint density at radius 3 is 2.68 bits per heavy atom. The molecule has 0 radical (unpaired) electrons. The lowest BCUT2D eigenvalue weighted by Crippen LogP contribution is -2.59. The van der Waals surface area contributed by atoms with Gasteiger partial charge in [-0.3, -0.25) is 14.8 Å². The summed E-state index contributed by atoms with van der Waals surface area (Å²) in [5.41, 5.74) is 5.54. The summed E-state index contributed by atoms with van der Waals surface area (Å²) >= 11 is 0. The molecule has 0 amide bonds. The Morgan fingerprint density at radius 2 is 2.00 bits per heavy atom. The van der Waals surface area contributed by atoms with E-state index < -0.39 is 31.1 Å². The van der Waals surface area contributed by atoms with Gasteiger partial charge in [0, 0.05) is 12.2 Å². The van der Waals surface area contributed by atoms with Crippen LogP contribution < -0.4 is 10.5 Å². The number of ketones is 1. The number of aliphatic imine (C=N–C) groups is 1. The first-order valence-electron chi connectivity index (χ1n) is 11.1. The summed E-state index contributed by atoms with van der Waals surface area (Å²) in [7, 11) is -1.43. The molecule has 0 aliphatic carbocycles. The second-order valence-corrected chi connectivity index (χ2v) is 12.2. The lowest BCUT2D eigenvalue weighted by atomic mass is 9.88. The van der Waals surface area contributed by atoms with Gasteiger partial charge in [-0.05, 0) is 45.7 Å². The highest BCUT2D eigenvalue weighted by molar-refractivity contribution is 7.96. The van der Waals surface area contributed by atoms with Crippen molar-refractivity contribution in [2.75, 3.05) is 13.7 Å². The van der Waals surface area contributed by atoms with Crippen molar-refractivity contribution < 1.29 is 18.1 Å². The Hall–Kier alpha value is -2.95. The Bertz CT molecular complexity index is 1270. The highest BCUT2D eigenvalue weighted by atomic mass is 32.2. The second-order valence-electron chi connectivity index (χ2n) is 9.24. The van der Waals surface area contributed by atoms with Gasteiger partial charge in [-0.15, -0.1) is 0 Å². The van der Waals surface area contributed by atoms with E-state index in [1.165, 1.54) is 31.6 Å². The number of fused-ring (bicyclic) bond motifs is 1. The van der Waals surface area contributed by atoms with Crippen LogP contribution in [0.25, 0.3) is 0 Å². The molecule has 34 heavy (non-hydrogen) atoms. The summed E-state index contributed by atoms with van der Waals surface area (Å²) in [6.07, 6.45) is 4.72. The van der Waals surface area contributed by atoms with Crippen molar-refractivity contribution in [1.82, 2.24) is 15.0 Å². The zero-order valence-electron chi connectivity index (χ0n) is 19.7. The predicted molar refractivity (Wildman–Crippen MR) is 127 cm³/mol. The molecule has 2 aromatic rings. The van der Waals surface area contributed by atoms with E-state index in [1.807, 2.05) is 0 Å². The van der Waals surface area contributed by atoms with E-state index in [1.54, 1.807) is 20.8 Å². The molecule has 182 valence electrons. The van der Waals surface area contributed by atoms with Gasteiger partial charge in [0.1, 0.15) is 33.3 Å². The molecule has 0 aromatic carbocycles. The first-order valence-corrected chi connectivity index (χ1v) is 12.7. The number of hydrogen-bond donors (Lipinski definition) is 1. The van der Waals surface area contributed by atoms with Gasteiger partial charge in [0.15, 0.2) is 5.78 Å². The van der Waals surface area contributed by atoms with Gasteiger partial charge in [-0.25, -0.2) is 22.9 Å². The van der Waals surface area contributed by atoms with Crippen LogP contribution in [0.1, 0.15) is 61.9 Å². The molecule has 0 spiro atoms. The minimum Gasteiger partial charge on any atom is -0.480 e. The minimum atomic E-state index is -2.89. The third-order valence-electron chi connectivity index (χ3n) is 6.72. The monoisotopic (exact) mass is 488 g/mol. The van der Waals surface area contributed by atoms with Gasteiger partial charge in [0.2, 0.25) is 5.88 Å². The third kappa shape index (κ3) is 3.85. The highest BCUT2D eigenvalue weighted by Crippen LogP contribution is 2.46. The maximum absolute atomic E-state index is 15.2. The van der Waals surface area contributed by atoms with E-state index >= 15 is 4.39 Å². The first-order chi connectivity index (χ1) is 16.0. The molecule has 11 heteroatoms. The number of carbonyl (C=O) groups is 1. The normalized spacial score (nSPS) is 28.1. The molecule has 0 unspecified atom stereocenters. The van der Waals surface area contributed by atoms with E-state index in [9.17, 15) is 9.00 Å². The zero-order chi connectivity index (χ0) is 24.7. The van der Waals surface area contributed by atoms with Crippen molar-refractivity contribution in [2.24, 2.45) is 15.1 Å². The zero-order valence-corrected chi connectivity index (χ0v) is 20.6. The number of Topliss-reactive ketones (excluding diaryl/α,β-unsaturated/α-hetero) is 1. The van der Waals surface area contributed by atoms with Gasteiger partial charge in [0.25, 0.3) is 0 Å². The number of hydrogen-bond acceptors (Lipinski definition) is 9. The Morgan fingerprint density at radius 1 is 1.24 bits per heavy atom. The molecule has 0 bridgehead atoms. The second kappa shape index (κ2) is 8.68. The number of amidine groups is 1. The molecular formula is C23H29FN6O3S. The van der Waals surface area contributed by atoms with Gasteiger partial charge in [-0.2, -0.15) is 0 Å². The van der Waals surface area contributed by atoms with Crippen molar-refractivity contribution in [3.8, 4) is 5.88 Å². The molecule has 0 fully saturated rings. The first kappa shape index (κ1) is 24.2. The van der Waals surface area contributed by atoms with E-state index in [0.29, 0.717) is 24.5 Å². The van der Waals surface area contributed by atoms with Crippen molar-refractivity contribution >= 4 is 21.3 Å². The van der Waals surface area contributed by atoms with Crippen LogP contribution in [0.15, 0.2) is 33.9 Å². The molecule has 2 aromatic heterocycles. The Kier molecular flexibility index (Phi) is 6.17. The highest BCUT2D eigenvalue weighted by Gasteiger charge is 2.56. The van der Waals surface area contributed by atoms with Gasteiger partial charge < -0.3 is 10.5 Å². The number of methoxy groups -OCH3 is 1. The summed E-state index contributed by atoms with van der Waals surface area (Å²) in [4.78, 5) is 30.0. The maximum Gasteiger partial charge on any atom is 0.232 e. The smallest absolute Gasteiger partial charge is 0.232 e. The van der Waals surface area contributed by atoms with Crippen LogP contribution in [0.2, 0.25) is 0 Å². The quantitative estimate of drug-likeness (QED) is 0.640. The molecule has 2 aliphatic rings. The van der Waals surface area contributed by atoms with Crippen molar-refractivity contribution in [3.63, 3.8) is 0 Å². The van der Waals surface area contributed by atoms with E-state index in [0.717, 1.165) is 12.8 Å². The lowest BCUT2D eigenvalue weighted by molar-refractivity contribution is 0.0986. The molecule has 2 N–H and O–H groups in total. The van der Waals surface area contributed by atoms with Crippen LogP contribution >= 0.6 is 0 Å². The number of halogens is 1. The molecule has 0 saturated heterocycles. The Labute approximate surface area is 198 Å². The van der Waals surface area contributed by atoms with Crippen LogP contribution in [-0.4, -0.2) is 54.4 Å². The van der Waals surface area contributed by atoms with Gasteiger partial charge in [0.05, 0.1) is 40.9 Å². The fourth-order valence-electron chi connectivity index (χ4n) is 4.57. The number of nitrogens with zero attached hydrogens (tertiary/aromatic N) is 5. The number of aromatic nitrogens is 3. The fraction of sp³-hybridized carbons (Fsp3) is 0.522. The largest absolute Gasteiger partial charge is 0.480 e. The van der Waals surface area contributed by atoms with Crippen LogP contribution in [0.4, 0.5) is 4.39 Å². The standard InChI is InChI=1S/C23H29FN6O3S/c1-22(2)21(25)30-23(3,18-7-5-6-10-28-34(18,22)32)20-15(24)9-8-14(29-20)11-17(31)16-12-27-19(33-4)13-26-16/h8-9,12-13,18H,5-7,10-11H2,1-4H3,(H2,25,30)/t18-,23-,34+/m0/s1. The molecule has 4 rings (SSSR count). The molecular weight excluding hydrogens is 459 g/mol.